The molecule has 5 nitrogen and oxygen atoms in total. The highest BCUT2D eigenvalue weighted by molar-refractivity contribution is 5.89. The summed E-state index contributed by atoms with van der Waals surface area (Å²) in [4.78, 5) is 14.7. The third-order valence-electron chi connectivity index (χ3n) is 5.49. The molecule has 0 radical (unpaired) electrons. The molecule has 1 aromatic rings. The lowest BCUT2D eigenvalue weighted by Gasteiger charge is -2.45. The monoisotopic (exact) mass is 383 g/mol. The summed E-state index contributed by atoms with van der Waals surface area (Å²) in [5.41, 5.74) is 5.39. The van der Waals surface area contributed by atoms with Gasteiger partial charge in [0.2, 0.25) is 5.91 Å². The smallest absolute Gasteiger partial charge is 0.248 e. The Morgan fingerprint density at radius 1 is 1.42 bits per heavy atom. The summed E-state index contributed by atoms with van der Waals surface area (Å²) < 4.78 is 19.0. The molecule has 0 aromatic heterocycles. The van der Waals surface area contributed by atoms with Crippen molar-refractivity contribution in [3.05, 3.63) is 29.8 Å². The Kier molecular flexibility index (Phi) is 7.03. The fourth-order valence-corrected chi connectivity index (χ4v) is 3.29. The van der Waals surface area contributed by atoms with Gasteiger partial charge in [-0.1, -0.05) is 32.9 Å². The van der Waals surface area contributed by atoms with Crippen LogP contribution in [-0.4, -0.2) is 36.7 Å². The Balaban J connectivity index is 0.00000338. The first-order chi connectivity index (χ1) is 11.7. The summed E-state index contributed by atoms with van der Waals surface area (Å²) in [5.74, 6) is 0.254. The van der Waals surface area contributed by atoms with E-state index in [0.29, 0.717) is 17.7 Å². The number of nitrogens with zero attached hydrogens (tertiary/aromatic N) is 2. The second kappa shape index (κ2) is 8.24. The van der Waals surface area contributed by atoms with Gasteiger partial charge in [-0.3, -0.25) is 4.79 Å². The average molecular weight is 384 g/mol. The van der Waals surface area contributed by atoms with E-state index in [1.807, 2.05) is 26.8 Å². The number of methoxy groups -OCH3 is 1. The van der Waals surface area contributed by atoms with E-state index in [4.69, 9.17) is 10.5 Å². The van der Waals surface area contributed by atoms with Crippen LogP contribution < -0.4 is 10.5 Å². The van der Waals surface area contributed by atoms with E-state index in [2.05, 4.69) is 0 Å². The number of nitrogens with two attached hydrogens (primary N) is 1. The number of nitriles is 1. The molecule has 1 saturated heterocycles. The number of hydrogen-bond acceptors (Lipinski definition) is 4. The van der Waals surface area contributed by atoms with E-state index in [1.54, 1.807) is 31.4 Å². The minimum atomic E-state index is -1.37. The molecule has 0 aliphatic carbocycles. The molecule has 144 valence electrons. The Morgan fingerprint density at radius 3 is 2.46 bits per heavy atom. The molecule has 0 unspecified atom stereocenters. The van der Waals surface area contributed by atoms with Gasteiger partial charge in [-0.2, -0.15) is 5.26 Å². The first-order valence-corrected chi connectivity index (χ1v) is 8.49. The van der Waals surface area contributed by atoms with Crippen LogP contribution in [0.5, 0.6) is 5.75 Å². The molecule has 1 aromatic carbocycles. The van der Waals surface area contributed by atoms with E-state index in [9.17, 15) is 14.4 Å². The molecular weight excluding hydrogens is 357 g/mol. The van der Waals surface area contributed by atoms with Gasteiger partial charge < -0.3 is 15.4 Å². The van der Waals surface area contributed by atoms with Gasteiger partial charge in [-0.05, 0) is 29.5 Å². The second-order valence-corrected chi connectivity index (χ2v) is 7.21. The third kappa shape index (κ3) is 3.65. The number of likely N-dealkylation sites (tertiary alicyclic amines) is 1. The molecule has 0 spiro atoms. The molecule has 1 aliphatic rings. The lowest BCUT2D eigenvalue weighted by atomic mass is 9.66. The van der Waals surface area contributed by atoms with Gasteiger partial charge in [0.1, 0.15) is 23.5 Å². The maximum absolute atomic E-state index is 13.8. The summed E-state index contributed by atoms with van der Waals surface area (Å²) in [6, 6.07) is 8.27. The second-order valence-electron chi connectivity index (χ2n) is 7.21. The number of benzene rings is 1. The van der Waals surface area contributed by atoms with Crippen LogP contribution in [-0.2, 0) is 10.3 Å². The van der Waals surface area contributed by atoms with Crippen LogP contribution in [0.3, 0.4) is 0 Å². The molecule has 1 heterocycles. The fourth-order valence-electron chi connectivity index (χ4n) is 3.29. The highest BCUT2D eigenvalue weighted by atomic mass is 35.5. The van der Waals surface area contributed by atoms with Gasteiger partial charge >= 0.3 is 0 Å². The molecule has 1 amide bonds. The predicted molar refractivity (Wildman–Crippen MR) is 101 cm³/mol. The van der Waals surface area contributed by atoms with Crippen molar-refractivity contribution in [1.82, 2.24) is 4.90 Å². The number of amides is 1. The summed E-state index contributed by atoms with van der Waals surface area (Å²) in [5, 5.41) is 9.30. The molecule has 26 heavy (non-hydrogen) atoms. The Hall–Kier alpha value is -1.84. The van der Waals surface area contributed by atoms with Crippen LogP contribution in [0.4, 0.5) is 4.39 Å². The molecule has 1 aliphatic heterocycles. The zero-order chi connectivity index (χ0) is 18.8. The first-order valence-electron chi connectivity index (χ1n) is 8.49. The quantitative estimate of drug-likeness (QED) is 0.846. The van der Waals surface area contributed by atoms with Gasteiger partial charge in [0, 0.05) is 6.42 Å². The summed E-state index contributed by atoms with van der Waals surface area (Å²) in [6.07, 6.45) is -0.516. The topological polar surface area (TPSA) is 79.4 Å². The van der Waals surface area contributed by atoms with E-state index >= 15 is 0 Å². The van der Waals surface area contributed by atoms with Crippen LogP contribution in [0.25, 0.3) is 0 Å². The van der Waals surface area contributed by atoms with Crippen LogP contribution >= 0.6 is 12.4 Å². The third-order valence-corrected chi connectivity index (χ3v) is 5.49. The molecule has 2 rings (SSSR count). The normalized spacial score (nSPS) is 22.1. The van der Waals surface area contributed by atoms with Crippen LogP contribution in [0.15, 0.2) is 24.3 Å². The van der Waals surface area contributed by atoms with Crippen molar-refractivity contribution in [3.8, 4) is 11.8 Å². The number of alkyl halides is 1. The minimum absolute atomic E-state index is 0. The summed E-state index contributed by atoms with van der Waals surface area (Å²) in [7, 11) is 1.56. The van der Waals surface area contributed by atoms with Crippen molar-refractivity contribution in [1.29, 1.82) is 5.26 Å². The van der Waals surface area contributed by atoms with Gasteiger partial charge in [-0.25, -0.2) is 4.39 Å². The molecule has 3 atom stereocenters. The molecule has 7 heteroatoms. The Bertz CT molecular complexity index is 674. The molecule has 2 N–H and O–H groups in total. The van der Waals surface area contributed by atoms with E-state index in [1.165, 1.54) is 4.90 Å². The largest absolute Gasteiger partial charge is 0.497 e. The first kappa shape index (κ1) is 22.2. The Morgan fingerprint density at radius 2 is 2.00 bits per heavy atom. The van der Waals surface area contributed by atoms with Gasteiger partial charge in [0.25, 0.3) is 0 Å². The van der Waals surface area contributed by atoms with Crippen molar-refractivity contribution < 1.29 is 13.9 Å². The van der Waals surface area contributed by atoms with Crippen molar-refractivity contribution in [2.45, 2.75) is 51.4 Å². The zero-order valence-corrected chi connectivity index (χ0v) is 16.5. The van der Waals surface area contributed by atoms with Crippen molar-refractivity contribution >= 4 is 18.3 Å². The van der Waals surface area contributed by atoms with Gasteiger partial charge in [-0.15, -0.1) is 12.4 Å². The number of hydrogen-bond donors (Lipinski definition) is 1. The van der Waals surface area contributed by atoms with Crippen LogP contribution in [0.1, 0.15) is 39.2 Å². The molecule has 1 fully saturated rings. The van der Waals surface area contributed by atoms with Crippen LogP contribution in [0, 0.1) is 16.7 Å². The standard InChI is InChI=1S/C19H26FN3O2.ClH/c1-5-18(2,3)19(22,13-6-8-16(25-4)9-7-13)17(24)23-12-14(20)10-15(23)11-21;/h6-9,14-15H,5,10,12,22H2,1-4H3;1H/t14-,15-,19-;/m0./s1. The number of ether oxygens (including phenoxy) is 1. The highest BCUT2D eigenvalue weighted by Gasteiger charge is 2.52. The summed E-state index contributed by atoms with van der Waals surface area (Å²) >= 11 is 0. The number of carbonyl (C=O) groups is 1. The average Bonchev–Trinajstić information content (AvgIpc) is 3.01. The number of halogens is 2. The predicted octanol–water partition coefficient (Wildman–Crippen LogP) is 3.17. The number of rotatable bonds is 5. The lowest BCUT2D eigenvalue weighted by molar-refractivity contribution is -0.142. The SMILES string of the molecule is CCC(C)(C)[C@@](N)(C(=O)N1C[C@@H](F)C[C@H]1C#N)c1ccc(OC)cc1.Cl. The maximum Gasteiger partial charge on any atom is 0.248 e. The lowest BCUT2D eigenvalue weighted by Crippen LogP contribution is -2.61. The molecule has 0 bridgehead atoms. The molecule has 0 saturated carbocycles. The van der Waals surface area contributed by atoms with Crippen molar-refractivity contribution in [3.63, 3.8) is 0 Å². The van der Waals surface area contributed by atoms with Crippen molar-refractivity contribution in [2.75, 3.05) is 13.7 Å². The van der Waals surface area contributed by atoms with Crippen LogP contribution in [0.2, 0.25) is 0 Å². The van der Waals surface area contributed by atoms with E-state index < -0.39 is 29.1 Å². The van der Waals surface area contributed by atoms with E-state index in [-0.39, 0.29) is 25.4 Å². The molecular formula is C19H27ClFN3O2. The van der Waals surface area contributed by atoms with Crippen molar-refractivity contribution in [2.24, 2.45) is 11.1 Å². The van der Waals surface area contributed by atoms with E-state index in [0.717, 1.165) is 0 Å². The highest BCUT2D eigenvalue weighted by Crippen LogP contribution is 2.43. The minimum Gasteiger partial charge on any atom is -0.497 e. The fraction of sp³-hybridized carbons (Fsp3) is 0.579. The van der Waals surface area contributed by atoms with Gasteiger partial charge in [0.15, 0.2) is 0 Å². The maximum atomic E-state index is 13.8. The Labute approximate surface area is 160 Å². The van der Waals surface area contributed by atoms with Gasteiger partial charge in [0.05, 0.1) is 19.7 Å². The zero-order valence-electron chi connectivity index (χ0n) is 15.7. The summed E-state index contributed by atoms with van der Waals surface area (Å²) in [6.45, 7) is 5.70. The number of carbonyl (C=O) groups excluding carboxylic acids is 1.